The van der Waals surface area contributed by atoms with Crippen LogP contribution in [-0.2, 0) is 9.53 Å². The number of carbonyl (C=O) groups excluding carboxylic acids is 2. The standard InChI is InChI=1S/C14H18N2O4/c1-2-10-19-14(18)16-9-8-15-13(17)11-20-12-6-4-3-5-7-12/h2-7H,1,8-11H2,(H,15,17)(H,16,18). The summed E-state index contributed by atoms with van der Waals surface area (Å²) >= 11 is 0. The molecule has 0 spiro atoms. The predicted octanol–water partition coefficient (Wildman–Crippen LogP) is 1.09. The highest BCUT2D eigenvalue weighted by molar-refractivity contribution is 5.77. The quantitative estimate of drug-likeness (QED) is 0.551. The smallest absolute Gasteiger partial charge is 0.407 e. The average Bonchev–Trinajstić information content (AvgIpc) is 2.48. The Morgan fingerprint density at radius 3 is 2.55 bits per heavy atom. The third-order valence-corrected chi connectivity index (χ3v) is 2.16. The van der Waals surface area contributed by atoms with Crippen molar-refractivity contribution in [3.05, 3.63) is 43.0 Å². The fourth-order valence-electron chi connectivity index (χ4n) is 1.27. The lowest BCUT2D eigenvalue weighted by Gasteiger charge is -2.08. The Morgan fingerprint density at radius 2 is 1.85 bits per heavy atom. The average molecular weight is 278 g/mol. The molecule has 0 aliphatic rings. The zero-order valence-electron chi connectivity index (χ0n) is 11.1. The van der Waals surface area contributed by atoms with Crippen molar-refractivity contribution in [2.75, 3.05) is 26.3 Å². The SMILES string of the molecule is C=CCOC(=O)NCCNC(=O)COc1ccccc1. The van der Waals surface area contributed by atoms with Crippen molar-refractivity contribution in [1.29, 1.82) is 0 Å². The van der Waals surface area contributed by atoms with E-state index in [1.165, 1.54) is 6.08 Å². The lowest BCUT2D eigenvalue weighted by Crippen LogP contribution is -2.37. The fourth-order valence-corrected chi connectivity index (χ4v) is 1.27. The van der Waals surface area contributed by atoms with E-state index in [-0.39, 0.29) is 25.7 Å². The van der Waals surface area contributed by atoms with Gasteiger partial charge in [0.25, 0.3) is 5.91 Å². The first kappa shape index (κ1) is 15.6. The third-order valence-electron chi connectivity index (χ3n) is 2.16. The Morgan fingerprint density at radius 1 is 1.15 bits per heavy atom. The summed E-state index contributed by atoms with van der Waals surface area (Å²) in [5.74, 6) is 0.379. The Balaban J connectivity index is 2.06. The minimum Gasteiger partial charge on any atom is -0.484 e. The molecule has 1 aromatic rings. The van der Waals surface area contributed by atoms with E-state index in [4.69, 9.17) is 9.47 Å². The van der Waals surface area contributed by atoms with Crippen LogP contribution in [0.5, 0.6) is 5.75 Å². The van der Waals surface area contributed by atoms with E-state index in [1.54, 1.807) is 12.1 Å². The van der Waals surface area contributed by atoms with E-state index in [0.717, 1.165) is 0 Å². The summed E-state index contributed by atoms with van der Waals surface area (Å²) in [7, 11) is 0. The molecule has 0 bridgehead atoms. The van der Waals surface area contributed by atoms with Crippen molar-refractivity contribution >= 4 is 12.0 Å². The van der Waals surface area contributed by atoms with E-state index in [1.807, 2.05) is 18.2 Å². The second-order valence-corrected chi connectivity index (χ2v) is 3.77. The number of benzene rings is 1. The summed E-state index contributed by atoms with van der Waals surface area (Å²) in [5.41, 5.74) is 0. The molecule has 0 aliphatic heterocycles. The summed E-state index contributed by atoms with van der Waals surface area (Å²) in [5, 5.41) is 5.09. The number of ether oxygens (including phenoxy) is 2. The van der Waals surface area contributed by atoms with Gasteiger partial charge in [0.05, 0.1) is 0 Å². The molecule has 0 fully saturated rings. The molecule has 0 radical (unpaired) electrons. The number of hydrogen-bond donors (Lipinski definition) is 2. The topological polar surface area (TPSA) is 76.7 Å². The van der Waals surface area contributed by atoms with E-state index in [9.17, 15) is 9.59 Å². The highest BCUT2D eigenvalue weighted by Crippen LogP contribution is 2.07. The molecule has 6 heteroatoms. The number of hydrogen-bond acceptors (Lipinski definition) is 4. The maximum Gasteiger partial charge on any atom is 0.407 e. The van der Waals surface area contributed by atoms with Crippen LogP contribution in [0.1, 0.15) is 0 Å². The van der Waals surface area contributed by atoms with Gasteiger partial charge in [0.1, 0.15) is 12.4 Å². The molecule has 2 N–H and O–H groups in total. The molecule has 6 nitrogen and oxygen atoms in total. The number of para-hydroxylation sites is 1. The molecule has 0 unspecified atom stereocenters. The van der Waals surface area contributed by atoms with Crippen LogP contribution in [0, 0.1) is 0 Å². The van der Waals surface area contributed by atoms with E-state index >= 15 is 0 Å². The molecule has 0 aromatic heterocycles. The maximum absolute atomic E-state index is 11.4. The lowest BCUT2D eigenvalue weighted by molar-refractivity contribution is -0.123. The van der Waals surface area contributed by atoms with Gasteiger partial charge >= 0.3 is 6.09 Å². The van der Waals surface area contributed by atoms with Crippen LogP contribution in [-0.4, -0.2) is 38.3 Å². The normalized spacial score (nSPS) is 9.40. The monoisotopic (exact) mass is 278 g/mol. The summed E-state index contributed by atoms with van der Waals surface area (Å²) < 4.78 is 9.96. The molecule has 1 rings (SSSR count). The highest BCUT2D eigenvalue weighted by atomic mass is 16.5. The summed E-state index contributed by atoms with van der Waals surface area (Å²) in [6.45, 7) is 4.10. The lowest BCUT2D eigenvalue weighted by atomic mass is 10.3. The van der Waals surface area contributed by atoms with Gasteiger partial charge in [-0.3, -0.25) is 4.79 Å². The first-order valence-electron chi connectivity index (χ1n) is 6.18. The van der Waals surface area contributed by atoms with Gasteiger partial charge in [-0.2, -0.15) is 0 Å². The van der Waals surface area contributed by atoms with Gasteiger partial charge in [0, 0.05) is 13.1 Å². The molecular formula is C14H18N2O4. The van der Waals surface area contributed by atoms with E-state index in [2.05, 4.69) is 17.2 Å². The molecule has 1 aromatic carbocycles. The molecular weight excluding hydrogens is 260 g/mol. The third kappa shape index (κ3) is 7.05. The number of carbonyl (C=O) groups is 2. The first-order valence-corrected chi connectivity index (χ1v) is 6.18. The molecule has 20 heavy (non-hydrogen) atoms. The maximum atomic E-state index is 11.4. The zero-order chi connectivity index (χ0) is 14.6. The van der Waals surface area contributed by atoms with Crippen LogP contribution in [0.2, 0.25) is 0 Å². The summed E-state index contributed by atoms with van der Waals surface area (Å²) in [4.78, 5) is 22.5. The van der Waals surface area contributed by atoms with Crippen LogP contribution in [0.25, 0.3) is 0 Å². The molecule has 0 heterocycles. The van der Waals surface area contributed by atoms with Gasteiger partial charge < -0.3 is 20.1 Å². The molecule has 0 atom stereocenters. The van der Waals surface area contributed by atoms with Gasteiger partial charge in [0.15, 0.2) is 6.61 Å². The van der Waals surface area contributed by atoms with Gasteiger partial charge in [0.2, 0.25) is 0 Å². The van der Waals surface area contributed by atoms with Crippen molar-refractivity contribution in [2.24, 2.45) is 0 Å². The second kappa shape index (κ2) is 9.43. The number of amides is 2. The Hall–Kier alpha value is -2.50. The van der Waals surface area contributed by atoms with Crippen molar-refractivity contribution in [2.45, 2.75) is 0 Å². The van der Waals surface area contributed by atoms with Crippen LogP contribution in [0.3, 0.4) is 0 Å². The van der Waals surface area contributed by atoms with Crippen LogP contribution in [0.15, 0.2) is 43.0 Å². The van der Waals surface area contributed by atoms with Crippen LogP contribution in [0.4, 0.5) is 4.79 Å². The van der Waals surface area contributed by atoms with Crippen molar-refractivity contribution in [1.82, 2.24) is 10.6 Å². The van der Waals surface area contributed by atoms with Crippen LogP contribution < -0.4 is 15.4 Å². The molecule has 0 saturated carbocycles. The van der Waals surface area contributed by atoms with Gasteiger partial charge in [-0.15, -0.1) is 0 Å². The molecule has 108 valence electrons. The molecule has 2 amide bonds. The molecule has 0 aliphatic carbocycles. The number of nitrogens with one attached hydrogen (secondary N) is 2. The second-order valence-electron chi connectivity index (χ2n) is 3.77. The number of rotatable bonds is 8. The van der Waals surface area contributed by atoms with Crippen molar-refractivity contribution in [3.8, 4) is 5.75 Å². The minimum atomic E-state index is -0.542. The van der Waals surface area contributed by atoms with Gasteiger partial charge in [-0.1, -0.05) is 30.9 Å². The minimum absolute atomic E-state index is 0.0646. The highest BCUT2D eigenvalue weighted by Gasteiger charge is 2.03. The van der Waals surface area contributed by atoms with Gasteiger partial charge in [-0.25, -0.2) is 4.79 Å². The largest absolute Gasteiger partial charge is 0.484 e. The van der Waals surface area contributed by atoms with Crippen LogP contribution >= 0.6 is 0 Å². The van der Waals surface area contributed by atoms with Crippen molar-refractivity contribution in [3.63, 3.8) is 0 Å². The van der Waals surface area contributed by atoms with E-state index < -0.39 is 6.09 Å². The zero-order valence-corrected chi connectivity index (χ0v) is 11.1. The summed E-state index contributed by atoms with van der Waals surface area (Å²) in [6, 6.07) is 9.05. The predicted molar refractivity (Wildman–Crippen MR) is 74.5 cm³/mol. The van der Waals surface area contributed by atoms with E-state index in [0.29, 0.717) is 12.3 Å². The van der Waals surface area contributed by atoms with Gasteiger partial charge in [-0.05, 0) is 12.1 Å². The van der Waals surface area contributed by atoms with Crippen molar-refractivity contribution < 1.29 is 19.1 Å². The summed E-state index contributed by atoms with van der Waals surface area (Å²) in [6.07, 6.45) is 0.933. The Bertz CT molecular complexity index is 434. The Kier molecular flexibility index (Phi) is 7.34. The first-order chi connectivity index (χ1) is 9.72. The molecule has 0 saturated heterocycles. The number of alkyl carbamates (subject to hydrolysis) is 1. The Labute approximate surface area is 117 Å². The fraction of sp³-hybridized carbons (Fsp3) is 0.286.